The van der Waals surface area contributed by atoms with Gasteiger partial charge in [-0.05, 0) is 6.92 Å². The lowest BCUT2D eigenvalue weighted by Crippen LogP contribution is -2.16. The summed E-state index contributed by atoms with van der Waals surface area (Å²) in [5.41, 5.74) is -0.404. The summed E-state index contributed by atoms with van der Waals surface area (Å²) in [6, 6.07) is 2.63. The first kappa shape index (κ1) is 11.4. The Balaban J connectivity index is 2.91. The average Bonchev–Trinajstić information content (AvgIpc) is 2.11. The molecular formula is C10H9F3N2. The molecule has 1 N–H and O–H groups in total. The van der Waals surface area contributed by atoms with Gasteiger partial charge in [0.2, 0.25) is 0 Å². The molecule has 0 fully saturated rings. The fourth-order valence-electron chi connectivity index (χ4n) is 1.11. The Morgan fingerprint density at radius 2 is 1.87 bits per heavy atom. The van der Waals surface area contributed by atoms with E-state index in [9.17, 15) is 13.2 Å². The fourth-order valence-corrected chi connectivity index (χ4v) is 1.11. The highest BCUT2D eigenvalue weighted by Gasteiger charge is 2.13. The number of halogens is 3. The van der Waals surface area contributed by atoms with E-state index in [4.69, 9.17) is 5.26 Å². The molecule has 0 aliphatic carbocycles. The Morgan fingerprint density at radius 3 is 2.33 bits per heavy atom. The Bertz CT molecular complexity index is 375. The van der Waals surface area contributed by atoms with Crippen LogP contribution in [-0.2, 0) is 0 Å². The van der Waals surface area contributed by atoms with Gasteiger partial charge in [0.05, 0.1) is 12.5 Å². The van der Waals surface area contributed by atoms with Crippen LogP contribution in [0, 0.1) is 28.8 Å². The van der Waals surface area contributed by atoms with Gasteiger partial charge in [0.25, 0.3) is 0 Å². The van der Waals surface area contributed by atoms with Crippen molar-refractivity contribution in [3.8, 4) is 6.07 Å². The monoisotopic (exact) mass is 214 g/mol. The van der Waals surface area contributed by atoms with E-state index in [1.165, 1.54) is 0 Å². The van der Waals surface area contributed by atoms with E-state index in [-0.39, 0.29) is 6.42 Å². The third-order valence-corrected chi connectivity index (χ3v) is 1.80. The summed E-state index contributed by atoms with van der Waals surface area (Å²) in [6.45, 7) is 1.60. The molecule has 0 amide bonds. The van der Waals surface area contributed by atoms with E-state index in [0.29, 0.717) is 12.1 Å². The lowest BCUT2D eigenvalue weighted by atomic mass is 10.2. The van der Waals surface area contributed by atoms with Crippen molar-refractivity contribution in [3.05, 3.63) is 29.6 Å². The summed E-state index contributed by atoms with van der Waals surface area (Å²) < 4.78 is 38.7. The van der Waals surface area contributed by atoms with Crippen molar-refractivity contribution in [2.45, 2.75) is 19.4 Å². The van der Waals surface area contributed by atoms with Crippen molar-refractivity contribution in [2.75, 3.05) is 5.32 Å². The normalized spacial score (nSPS) is 11.9. The van der Waals surface area contributed by atoms with Crippen LogP contribution in [0.25, 0.3) is 0 Å². The second-order valence-electron chi connectivity index (χ2n) is 3.15. The Hall–Kier alpha value is -1.70. The molecule has 0 aliphatic heterocycles. The van der Waals surface area contributed by atoms with Gasteiger partial charge in [-0.3, -0.25) is 0 Å². The number of rotatable bonds is 3. The van der Waals surface area contributed by atoms with Crippen LogP contribution in [0.4, 0.5) is 18.9 Å². The minimum absolute atomic E-state index is 0.107. The van der Waals surface area contributed by atoms with Crippen LogP contribution >= 0.6 is 0 Å². The standard InChI is InChI=1S/C10H9F3N2/c1-6(2-3-14)15-10-8(12)4-7(11)5-9(10)13/h4-6,15H,2H2,1H3. The van der Waals surface area contributed by atoms with E-state index in [1.807, 2.05) is 6.07 Å². The lowest BCUT2D eigenvalue weighted by molar-refractivity contribution is 0.544. The molecule has 80 valence electrons. The molecule has 0 aromatic heterocycles. The minimum atomic E-state index is -1.00. The van der Waals surface area contributed by atoms with Gasteiger partial charge in [-0.15, -0.1) is 0 Å². The predicted molar refractivity (Wildman–Crippen MR) is 49.6 cm³/mol. The molecule has 1 atom stereocenters. The first-order chi connectivity index (χ1) is 7.04. The quantitative estimate of drug-likeness (QED) is 0.839. The lowest BCUT2D eigenvalue weighted by Gasteiger charge is -2.13. The molecule has 0 spiro atoms. The number of hydrogen-bond donors (Lipinski definition) is 1. The van der Waals surface area contributed by atoms with Crippen molar-refractivity contribution < 1.29 is 13.2 Å². The van der Waals surface area contributed by atoms with Crippen molar-refractivity contribution >= 4 is 5.69 Å². The highest BCUT2D eigenvalue weighted by atomic mass is 19.1. The molecule has 0 saturated carbocycles. The zero-order valence-corrected chi connectivity index (χ0v) is 8.02. The van der Waals surface area contributed by atoms with Crippen molar-refractivity contribution in [2.24, 2.45) is 0 Å². The second kappa shape index (κ2) is 4.69. The number of anilines is 1. The molecular weight excluding hydrogens is 205 g/mol. The average molecular weight is 214 g/mol. The zero-order chi connectivity index (χ0) is 11.4. The van der Waals surface area contributed by atoms with E-state index in [2.05, 4.69) is 5.32 Å². The summed E-state index contributed by atoms with van der Waals surface area (Å²) in [4.78, 5) is 0. The number of nitriles is 1. The maximum Gasteiger partial charge on any atom is 0.152 e. The van der Waals surface area contributed by atoms with E-state index >= 15 is 0 Å². The first-order valence-electron chi connectivity index (χ1n) is 4.32. The molecule has 1 aromatic carbocycles. The number of nitrogens with zero attached hydrogens (tertiary/aromatic N) is 1. The Kier molecular flexibility index (Phi) is 3.56. The predicted octanol–water partition coefficient (Wildman–Crippen LogP) is 2.82. The highest BCUT2D eigenvalue weighted by Crippen LogP contribution is 2.21. The third kappa shape index (κ3) is 2.88. The zero-order valence-electron chi connectivity index (χ0n) is 8.02. The van der Waals surface area contributed by atoms with Crippen LogP contribution in [0.5, 0.6) is 0 Å². The highest BCUT2D eigenvalue weighted by molar-refractivity contribution is 5.47. The molecule has 1 aromatic rings. The van der Waals surface area contributed by atoms with Crippen molar-refractivity contribution in [1.82, 2.24) is 0 Å². The molecule has 0 heterocycles. The first-order valence-corrected chi connectivity index (χ1v) is 4.32. The second-order valence-corrected chi connectivity index (χ2v) is 3.15. The van der Waals surface area contributed by atoms with Crippen molar-refractivity contribution in [1.29, 1.82) is 5.26 Å². The van der Waals surface area contributed by atoms with E-state index in [0.717, 1.165) is 0 Å². The van der Waals surface area contributed by atoms with Crippen LogP contribution in [0.3, 0.4) is 0 Å². The van der Waals surface area contributed by atoms with E-state index < -0.39 is 29.2 Å². The maximum atomic E-state index is 13.1. The summed E-state index contributed by atoms with van der Waals surface area (Å²) in [5.74, 6) is -2.97. The summed E-state index contributed by atoms with van der Waals surface area (Å²) in [6.07, 6.45) is 0.107. The van der Waals surface area contributed by atoms with Crippen LogP contribution in [0.2, 0.25) is 0 Å². The molecule has 0 aliphatic rings. The van der Waals surface area contributed by atoms with Crippen LogP contribution in [0.15, 0.2) is 12.1 Å². The molecule has 15 heavy (non-hydrogen) atoms. The fraction of sp³-hybridized carbons (Fsp3) is 0.300. The topological polar surface area (TPSA) is 35.8 Å². The van der Waals surface area contributed by atoms with Gasteiger partial charge in [-0.2, -0.15) is 5.26 Å². The van der Waals surface area contributed by atoms with Crippen LogP contribution in [0.1, 0.15) is 13.3 Å². The van der Waals surface area contributed by atoms with E-state index in [1.54, 1.807) is 6.92 Å². The van der Waals surface area contributed by atoms with Gasteiger partial charge in [-0.1, -0.05) is 0 Å². The Morgan fingerprint density at radius 1 is 1.33 bits per heavy atom. The number of hydrogen-bond acceptors (Lipinski definition) is 2. The summed E-state index contributed by atoms with van der Waals surface area (Å²) >= 11 is 0. The van der Waals surface area contributed by atoms with Crippen LogP contribution < -0.4 is 5.32 Å². The van der Waals surface area contributed by atoms with Crippen molar-refractivity contribution in [3.63, 3.8) is 0 Å². The maximum absolute atomic E-state index is 13.1. The molecule has 5 heteroatoms. The molecule has 0 saturated heterocycles. The number of benzene rings is 1. The SMILES string of the molecule is CC(CC#N)Nc1c(F)cc(F)cc1F. The van der Waals surface area contributed by atoms with Crippen LogP contribution in [-0.4, -0.2) is 6.04 Å². The summed E-state index contributed by atoms with van der Waals surface area (Å²) in [7, 11) is 0. The van der Waals surface area contributed by atoms with Gasteiger partial charge < -0.3 is 5.32 Å². The van der Waals surface area contributed by atoms with Gasteiger partial charge >= 0.3 is 0 Å². The third-order valence-electron chi connectivity index (χ3n) is 1.80. The van der Waals surface area contributed by atoms with Gasteiger partial charge in [0.1, 0.15) is 11.5 Å². The molecule has 1 unspecified atom stereocenters. The molecule has 2 nitrogen and oxygen atoms in total. The molecule has 0 bridgehead atoms. The minimum Gasteiger partial charge on any atom is -0.377 e. The van der Waals surface area contributed by atoms with Gasteiger partial charge in [-0.25, -0.2) is 13.2 Å². The van der Waals surface area contributed by atoms with Gasteiger partial charge in [0, 0.05) is 18.2 Å². The largest absolute Gasteiger partial charge is 0.377 e. The molecule has 1 rings (SSSR count). The number of nitrogens with one attached hydrogen (secondary N) is 1. The Labute approximate surface area is 85.3 Å². The summed E-state index contributed by atoms with van der Waals surface area (Å²) in [5, 5.41) is 10.8. The van der Waals surface area contributed by atoms with Gasteiger partial charge in [0.15, 0.2) is 11.6 Å². The molecule has 0 radical (unpaired) electrons. The smallest absolute Gasteiger partial charge is 0.152 e.